The molecular weight excluding hydrogens is 256 g/mol. The van der Waals surface area contributed by atoms with Crippen molar-refractivity contribution >= 4 is 21.7 Å². The lowest BCUT2D eigenvalue weighted by molar-refractivity contribution is -0.140. The lowest BCUT2D eigenvalue weighted by Gasteiger charge is -2.20. The van der Waals surface area contributed by atoms with Crippen LogP contribution in [0.4, 0.5) is 5.69 Å². The van der Waals surface area contributed by atoms with E-state index in [0.29, 0.717) is 25.2 Å². The first-order valence-corrected chi connectivity index (χ1v) is 7.04. The highest BCUT2D eigenvalue weighted by Gasteiger charge is 2.30. The number of nitrogens with two attached hydrogens (primary N) is 1. The van der Waals surface area contributed by atoms with E-state index in [2.05, 4.69) is 0 Å². The fourth-order valence-corrected chi connectivity index (χ4v) is 2.90. The Hall–Kier alpha value is -1.60. The van der Waals surface area contributed by atoms with Gasteiger partial charge in [0.25, 0.3) is 0 Å². The number of rotatable bonds is 3. The number of hydrogen-bond acceptors (Lipinski definition) is 4. The zero-order chi connectivity index (χ0) is 13.3. The van der Waals surface area contributed by atoms with E-state index in [1.165, 1.54) is 6.07 Å². The highest BCUT2D eigenvalue weighted by Crippen LogP contribution is 2.29. The standard InChI is InChI=1S/C11H14N2O4S/c12-18(16,17)10-4-2-1-3-9(10)13-6-5-8(7-13)11(14)15/h1-4,8H,5-7H2,(H,14,15)(H2,12,16,17). The Morgan fingerprint density at radius 1 is 1.39 bits per heavy atom. The van der Waals surface area contributed by atoms with Gasteiger partial charge in [0.05, 0.1) is 11.6 Å². The van der Waals surface area contributed by atoms with E-state index in [4.69, 9.17) is 10.2 Å². The normalized spacial score (nSPS) is 20.1. The van der Waals surface area contributed by atoms with Crippen LogP contribution >= 0.6 is 0 Å². The number of para-hydroxylation sites is 1. The molecule has 98 valence electrons. The van der Waals surface area contributed by atoms with Gasteiger partial charge in [0.1, 0.15) is 4.90 Å². The Morgan fingerprint density at radius 3 is 2.61 bits per heavy atom. The predicted octanol–water partition coefficient (Wildman–Crippen LogP) is 0.245. The molecule has 0 spiro atoms. The summed E-state index contributed by atoms with van der Waals surface area (Å²) in [6.45, 7) is 0.825. The molecular formula is C11H14N2O4S. The minimum Gasteiger partial charge on any atom is -0.481 e. The number of nitrogens with zero attached hydrogens (tertiary/aromatic N) is 1. The van der Waals surface area contributed by atoms with Gasteiger partial charge >= 0.3 is 5.97 Å². The van der Waals surface area contributed by atoms with Gasteiger partial charge in [0.15, 0.2) is 0 Å². The number of sulfonamides is 1. The Balaban J connectivity index is 2.33. The molecule has 1 heterocycles. The molecule has 0 aliphatic carbocycles. The number of aliphatic carboxylic acids is 1. The third-order valence-electron chi connectivity index (χ3n) is 3.05. The summed E-state index contributed by atoms with van der Waals surface area (Å²) in [5.41, 5.74) is 0.476. The van der Waals surface area contributed by atoms with E-state index in [1.807, 2.05) is 0 Å². The van der Waals surface area contributed by atoms with Gasteiger partial charge in [-0.25, -0.2) is 13.6 Å². The predicted molar refractivity (Wildman–Crippen MR) is 65.8 cm³/mol. The summed E-state index contributed by atoms with van der Waals surface area (Å²) >= 11 is 0. The first-order valence-electron chi connectivity index (χ1n) is 5.49. The van der Waals surface area contributed by atoms with Gasteiger partial charge in [0, 0.05) is 13.1 Å². The summed E-state index contributed by atoms with van der Waals surface area (Å²) in [5.74, 6) is -1.32. The average molecular weight is 270 g/mol. The summed E-state index contributed by atoms with van der Waals surface area (Å²) in [4.78, 5) is 12.7. The summed E-state index contributed by atoms with van der Waals surface area (Å²) < 4.78 is 22.9. The van der Waals surface area contributed by atoms with Crippen molar-refractivity contribution in [2.75, 3.05) is 18.0 Å². The zero-order valence-electron chi connectivity index (χ0n) is 9.61. The third-order valence-corrected chi connectivity index (χ3v) is 4.01. The second-order valence-corrected chi connectivity index (χ2v) is 5.81. The molecule has 18 heavy (non-hydrogen) atoms. The maximum Gasteiger partial charge on any atom is 0.308 e. The molecule has 1 aliphatic heterocycles. The van der Waals surface area contributed by atoms with Gasteiger partial charge < -0.3 is 10.0 Å². The van der Waals surface area contributed by atoms with Crippen LogP contribution in [0.3, 0.4) is 0 Å². The molecule has 1 atom stereocenters. The minimum atomic E-state index is -3.80. The van der Waals surface area contributed by atoms with E-state index in [1.54, 1.807) is 23.1 Å². The maximum atomic E-state index is 11.5. The summed E-state index contributed by atoms with van der Waals surface area (Å²) in [6, 6.07) is 6.37. The fraction of sp³-hybridized carbons (Fsp3) is 0.364. The Labute approximate surface area is 105 Å². The van der Waals surface area contributed by atoms with Gasteiger partial charge in [-0.15, -0.1) is 0 Å². The van der Waals surface area contributed by atoms with Crippen molar-refractivity contribution in [3.8, 4) is 0 Å². The van der Waals surface area contributed by atoms with Crippen molar-refractivity contribution in [1.82, 2.24) is 0 Å². The van der Waals surface area contributed by atoms with Crippen LogP contribution in [0.1, 0.15) is 6.42 Å². The van der Waals surface area contributed by atoms with Gasteiger partial charge in [-0.05, 0) is 18.6 Å². The van der Waals surface area contributed by atoms with Crippen LogP contribution in [0, 0.1) is 5.92 Å². The number of primary sulfonamides is 1. The second-order valence-electron chi connectivity index (χ2n) is 4.28. The number of carboxylic acids is 1. The number of carboxylic acid groups (broad SMARTS) is 1. The van der Waals surface area contributed by atoms with E-state index in [9.17, 15) is 13.2 Å². The molecule has 6 nitrogen and oxygen atoms in total. The molecule has 1 aromatic carbocycles. The third kappa shape index (κ3) is 2.46. The minimum absolute atomic E-state index is 0.0380. The largest absolute Gasteiger partial charge is 0.481 e. The highest BCUT2D eigenvalue weighted by atomic mass is 32.2. The lowest BCUT2D eigenvalue weighted by Crippen LogP contribution is -2.25. The van der Waals surface area contributed by atoms with Crippen molar-refractivity contribution in [2.24, 2.45) is 11.1 Å². The van der Waals surface area contributed by atoms with Crippen LogP contribution in [-0.4, -0.2) is 32.6 Å². The first-order chi connectivity index (χ1) is 8.39. The molecule has 0 saturated carbocycles. The monoisotopic (exact) mass is 270 g/mol. The van der Waals surface area contributed by atoms with E-state index >= 15 is 0 Å². The van der Waals surface area contributed by atoms with Crippen molar-refractivity contribution in [3.63, 3.8) is 0 Å². The lowest BCUT2D eigenvalue weighted by atomic mass is 10.1. The average Bonchev–Trinajstić information content (AvgIpc) is 2.77. The topological polar surface area (TPSA) is 101 Å². The molecule has 0 amide bonds. The zero-order valence-corrected chi connectivity index (χ0v) is 10.4. The molecule has 1 unspecified atom stereocenters. The summed E-state index contributed by atoms with van der Waals surface area (Å²) in [6.07, 6.45) is 0.508. The molecule has 7 heteroatoms. The molecule has 0 bridgehead atoms. The first kappa shape index (κ1) is 12.8. The van der Waals surface area contributed by atoms with Crippen molar-refractivity contribution in [2.45, 2.75) is 11.3 Å². The van der Waals surface area contributed by atoms with Gasteiger partial charge in [-0.3, -0.25) is 4.79 Å². The molecule has 1 saturated heterocycles. The van der Waals surface area contributed by atoms with Gasteiger partial charge in [-0.2, -0.15) is 0 Å². The maximum absolute atomic E-state index is 11.5. The highest BCUT2D eigenvalue weighted by molar-refractivity contribution is 7.89. The number of carbonyl (C=O) groups is 1. The molecule has 1 aliphatic rings. The van der Waals surface area contributed by atoms with Crippen LogP contribution in [0.15, 0.2) is 29.2 Å². The van der Waals surface area contributed by atoms with Crippen molar-refractivity contribution < 1.29 is 18.3 Å². The second kappa shape index (κ2) is 4.58. The van der Waals surface area contributed by atoms with Crippen molar-refractivity contribution in [1.29, 1.82) is 0 Å². The van der Waals surface area contributed by atoms with Crippen molar-refractivity contribution in [3.05, 3.63) is 24.3 Å². The quantitative estimate of drug-likeness (QED) is 0.819. The Bertz CT molecular complexity index is 570. The molecule has 0 radical (unpaired) electrons. The van der Waals surface area contributed by atoms with E-state index in [0.717, 1.165) is 0 Å². The van der Waals surface area contributed by atoms with Crippen LogP contribution in [-0.2, 0) is 14.8 Å². The van der Waals surface area contributed by atoms with Crippen LogP contribution in [0.2, 0.25) is 0 Å². The Kier molecular flexibility index (Phi) is 3.27. The number of hydrogen-bond donors (Lipinski definition) is 2. The fourth-order valence-electron chi connectivity index (χ4n) is 2.14. The van der Waals surface area contributed by atoms with Gasteiger partial charge in [0.2, 0.25) is 10.0 Å². The van der Waals surface area contributed by atoms with Crippen LogP contribution in [0.5, 0.6) is 0 Å². The SMILES string of the molecule is NS(=O)(=O)c1ccccc1N1CCC(C(=O)O)C1. The number of anilines is 1. The smallest absolute Gasteiger partial charge is 0.308 e. The van der Waals surface area contributed by atoms with Crippen LogP contribution in [0.25, 0.3) is 0 Å². The van der Waals surface area contributed by atoms with E-state index < -0.39 is 21.9 Å². The van der Waals surface area contributed by atoms with Crippen LogP contribution < -0.4 is 10.0 Å². The van der Waals surface area contributed by atoms with Gasteiger partial charge in [-0.1, -0.05) is 12.1 Å². The molecule has 1 fully saturated rings. The molecule has 0 aromatic heterocycles. The summed E-state index contributed by atoms with van der Waals surface area (Å²) in [5, 5.41) is 14.1. The number of benzene rings is 1. The summed E-state index contributed by atoms with van der Waals surface area (Å²) in [7, 11) is -3.80. The molecule has 3 N–H and O–H groups in total. The molecule has 1 aromatic rings. The molecule has 2 rings (SSSR count). The van der Waals surface area contributed by atoms with E-state index in [-0.39, 0.29) is 4.90 Å². The Morgan fingerprint density at radius 2 is 2.06 bits per heavy atom.